The number of benzene rings is 1. The Morgan fingerprint density at radius 3 is 2.41 bits per heavy atom. The Kier molecular flexibility index (Phi) is 7.42. The quantitative estimate of drug-likeness (QED) is 0.386. The molecule has 0 amide bonds. The van der Waals surface area contributed by atoms with Gasteiger partial charge in [0, 0.05) is 30.4 Å². The molecule has 0 aliphatic rings. The zero-order valence-electron chi connectivity index (χ0n) is 16.7. The first kappa shape index (κ1) is 22.9. The predicted molar refractivity (Wildman–Crippen MR) is 123 cm³/mol. The van der Waals surface area contributed by atoms with Gasteiger partial charge in [-0.15, -0.1) is 24.8 Å². The van der Waals surface area contributed by atoms with Crippen LogP contribution in [0.15, 0.2) is 73.3 Å². The molecule has 0 aliphatic carbocycles. The van der Waals surface area contributed by atoms with Crippen LogP contribution in [0.25, 0.3) is 28.0 Å². The van der Waals surface area contributed by atoms with Crippen molar-refractivity contribution in [3.8, 4) is 22.4 Å². The molecule has 0 saturated carbocycles. The van der Waals surface area contributed by atoms with Gasteiger partial charge in [0.15, 0.2) is 0 Å². The Hall–Kier alpha value is -2.40. The minimum absolute atomic E-state index is 0. The summed E-state index contributed by atoms with van der Waals surface area (Å²) < 4.78 is 7.97. The maximum atomic E-state index is 5.91. The van der Waals surface area contributed by atoms with Crippen molar-refractivity contribution in [1.82, 2.24) is 14.4 Å². The van der Waals surface area contributed by atoms with Crippen molar-refractivity contribution in [2.24, 2.45) is 0 Å². The SMILES string of the molecule is CC(C)(C)OCc1cccc(-c2ccc3nc(-c4cccnc4)cn3c2)c1.Cl.Cl. The van der Waals surface area contributed by atoms with Gasteiger partial charge >= 0.3 is 0 Å². The molecule has 0 bridgehead atoms. The summed E-state index contributed by atoms with van der Waals surface area (Å²) in [5.74, 6) is 0. The molecule has 1 aromatic carbocycles. The van der Waals surface area contributed by atoms with Crippen LogP contribution in [0.5, 0.6) is 0 Å². The molecule has 4 rings (SSSR count). The van der Waals surface area contributed by atoms with Gasteiger partial charge in [-0.3, -0.25) is 4.98 Å². The fourth-order valence-electron chi connectivity index (χ4n) is 2.96. The predicted octanol–water partition coefficient (Wildman–Crippen LogP) is 6.22. The van der Waals surface area contributed by atoms with Gasteiger partial charge in [0.2, 0.25) is 0 Å². The average Bonchev–Trinajstić information content (AvgIpc) is 3.10. The summed E-state index contributed by atoms with van der Waals surface area (Å²) in [6, 6.07) is 16.6. The Labute approximate surface area is 183 Å². The highest BCUT2D eigenvalue weighted by Gasteiger charge is 2.11. The lowest BCUT2D eigenvalue weighted by molar-refractivity contribution is -0.0149. The molecule has 0 fully saturated rings. The van der Waals surface area contributed by atoms with Crippen molar-refractivity contribution in [3.63, 3.8) is 0 Å². The third kappa shape index (κ3) is 5.57. The number of hydrogen-bond acceptors (Lipinski definition) is 3. The summed E-state index contributed by atoms with van der Waals surface area (Å²) in [5, 5.41) is 0. The van der Waals surface area contributed by atoms with Crippen LogP contribution in [-0.2, 0) is 11.3 Å². The molecule has 3 aromatic heterocycles. The van der Waals surface area contributed by atoms with Crippen LogP contribution in [0.4, 0.5) is 0 Å². The lowest BCUT2D eigenvalue weighted by atomic mass is 10.0. The normalized spacial score (nSPS) is 11.0. The van der Waals surface area contributed by atoms with Crippen molar-refractivity contribution in [1.29, 1.82) is 0 Å². The third-order valence-electron chi connectivity index (χ3n) is 4.34. The molecular formula is C23H25Cl2N3O. The minimum Gasteiger partial charge on any atom is -0.371 e. The van der Waals surface area contributed by atoms with E-state index in [0.717, 1.165) is 22.5 Å². The van der Waals surface area contributed by atoms with Crippen molar-refractivity contribution in [2.75, 3.05) is 0 Å². The van der Waals surface area contributed by atoms with Crippen LogP contribution in [0.1, 0.15) is 26.3 Å². The number of rotatable bonds is 4. The summed E-state index contributed by atoms with van der Waals surface area (Å²) in [4.78, 5) is 8.87. The van der Waals surface area contributed by atoms with E-state index in [1.54, 1.807) is 6.20 Å². The standard InChI is InChI=1S/C23H23N3O.2ClH/c1-23(2,3)27-16-17-6-4-7-18(12-17)20-9-10-22-25-21(15-26(22)14-20)19-8-5-11-24-13-19;;/h4-15H,16H2,1-3H3;2*1H. The van der Waals surface area contributed by atoms with Gasteiger partial charge in [0.25, 0.3) is 0 Å². The molecule has 4 aromatic rings. The van der Waals surface area contributed by atoms with E-state index >= 15 is 0 Å². The number of halogens is 2. The highest BCUT2D eigenvalue weighted by Crippen LogP contribution is 2.24. The molecule has 29 heavy (non-hydrogen) atoms. The number of imidazole rings is 1. The van der Waals surface area contributed by atoms with Crippen molar-refractivity contribution in [2.45, 2.75) is 33.0 Å². The van der Waals surface area contributed by atoms with E-state index in [2.05, 4.69) is 66.7 Å². The molecule has 6 heteroatoms. The number of hydrogen-bond donors (Lipinski definition) is 0. The number of pyridine rings is 2. The smallest absolute Gasteiger partial charge is 0.137 e. The second-order valence-corrected chi connectivity index (χ2v) is 7.65. The Bertz CT molecular complexity index is 1070. The molecule has 0 aliphatic heterocycles. The van der Waals surface area contributed by atoms with Gasteiger partial charge in [-0.2, -0.15) is 0 Å². The molecule has 0 N–H and O–H groups in total. The van der Waals surface area contributed by atoms with Crippen LogP contribution >= 0.6 is 24.8 Å². The zero-order chi connectivity index (χ0) is 18.9. The van der Waals surface area contributed by atoms with Gasteiger partial charge in [0.1, 0.15) is 5.65 Å². The van der Waals surface area contributed by atoms with Crippen molar-refractivity contribution in [3.05, 3.63) is 78.9 Å². The zero-order valence-corrected chi connectivity index (χ0v) is 18.3. The summed E-state index contributed by atoms with van der Waals surface area (Å²) in [6.07, 6.45) is 7.77. The fourth-order valence-corrected chi connectivity index (χ4v) is 2.96. The van der Waals surface area contributed by atoms with Gasteiger partial charge in [-0.1, -0.05) is 18.2 Å². The minimum atomic E-state index is -0.144. The van der Waals surface area contributed by atoms with E-state index in [1.807, 2.05) is 30.6 Å². The van der Waals surface area contributed by atoms with Crippen LogP contribution in [0.3, 0.4) is 0 Å². The molecule has 3 heterocycles. The highest BCUT2D eigenvalue weighted by molar-refractivity contribution is 5.85. The molecule has 0 radical (unpaired) electrons. The number of fused-ring (bicyclic) bond motifs is 1. The molecular weight excluding hydrogens is 405 g/mol. The van der Waals surface area contributed by atoms with Crippen LogP contribution in [-0.4, -0.2) is 20.0 Å². The van der Waals surface area contributed by atoms with Crippen molar-refractivity contribution >= 4 is 30.5 Å². The molecule has 0 spiro atoms. The summed E-state index contributed by atoms with van der Waals surface area (Å²) in [7, 11) is 0. The van der Waals surface area contributed by atoms with E-state index in [4.69, 9.17) is 9.72 Å². The topological polar surface area (TPSA) is 39.4 Å². The van der Waals surface area contributed by atoms with E-state index in [9.17, 15) is 0 Å². The first-order valence-corrected chi connectivity index (χ1v) is 9.10. The molecule has 0 atom stereocenters. The van der Waals surface area contributed by atoms with Crippen LogP contribution in [0, 0.1) is 0 Å². The summed E-state index contributed by atoms with van der Waals surface area (Å²) in [5.41, 5.74) is 6.21. The Morgan fingerprint density at radius 1 is 0.897 bits per heavy atom. The molecule has 4 nitrogen and oxygen atoms in total. The van der Waals surface area contributed by atoms with Crippen LogP contribution in [0.2, 0.25) is 0 Å². The molecule has 0 unspecified atom stereocenters. The fraction of sp³-hybridized carbons (Fsp3) is 0.217. The number of ether oxygens (including phenoxy) is 1. The molecule has 0 saturated heterocycles. The maximum absolute atomic E-state index is 5.91. The van der Waals surface area contributed by atoms with E-state index in [0.29, 0.717) is 6.61 Å². The third-order valence-corrected chi connectivity index (χ3v) is 4.34. The van der Waals surface area contributed by atoms with E-state index in [-0.39, 0.29) is 30.4 Å². The summed E-state index contributed by atoms with van der Waals surface area (Å²) in [6.45, 7) is 6.83. The Morgan fingerprint density at radius 2 is 1.69 bits per heavy atom. The first-order valence-electron chi connectivity index (χ1n) is 9.10. The van der Waals surface area contributed by atoms with Gasteiger partial charge in [-0.05, 0) is 67.8 Å². The van der Waals surface area contributed by atoms with Gasteiger partial charge in [0.05, 0.1) is 17.9 Å². The van der Waals surface area contributed by atoms with Gasteiger partial charge in [-0.25, -0.2) is 4.98 Å². The van der Waals surface area contributed by atoms with E-state index < -0.39 is 0 Å². The lowest BCUT2D eigenvalue weighted by Crippen LogP contribution is -2.18. The average molecular weight is 430 g/mol. The monoisotopic (exact) mass is 429 g/mol. The lowest BCUT2D eigenvalue weighted by Gasteiger charge is -2.19. The van der Waals surface area contributed by atoms with Crippen molar-refractivity contribution < 1.29 is 4.74 Å². The number of nitrogens with zero attached hydrogens (tertiary/aromatic N) is 3. The van der Waals surface area contributed by atoms with Gasteiger partial charge < -0.3 is 9.14 Å². The summed E-state index contributed by atoms with van der Waals surface area (Å²) >= 11 is 0. The van der Waals surface area contributed by atoms with E-state index in [1.165, 1.54) is 11.1 Å². The number of aromatic nitrogens is 3. The first-order chi connectivity index (χ1) is 13.0. The Balaban J connectivity index is 0.00000150. The second kappa shape index (κ2) is 9.40. The largest absolute Gasteiger partial charge is 0.371 e. The maximum Gasteiger partial charge on any atom is 0.137 e. The second-order valence-electron chi connectivity index (χ2n) is 7.65. The highest BCUT2D eigenvalue weighted by atomic mass is 35.5. The molecule has 152 valence electrons. The van der Waals surface area contributed by atoms with Crippen LogP contribution < -0.4 is 0 Å².